The monoisotopic (exact) mass is 301 g/mol. The Bertz CT molecular complexity index is 442. The highest BCUT2D eigenvalue weighted by Crippen LogP contribution is 2.33. The molecule has 1 aromatic carbocycles. The molecule has 0 aromatic heterocycles. The van der Waals surface area contributed by atoms with Crippen molar-refractivity contribution in [2.24, 2.45) is 5.73 Å². The maximum absolute atomic E-state index is 12.8. The first-order valence-corrected chi connectivity index (χ1v) is 5.72. The summed E-state index contributed by atoms with van der Waals surface area (Å²) in [5, 5.41) is 0. The molecule has 0 saturated heterocycles. The molecule has 1 aromatic rings. The molecule has 114 valence electrons. The lowest BCUT2D eigenvalue weighted by molar-refractivity contribution is -0.200. The van der Waals surface area contributed by atoms with Gasteiger partial charge < -0.3 is 10.5 Å². The fourth-order valence-corrected chi connectivity index (χ4v) is 1.50. The minimum Gasteiger partial charge on any atom is -0.479 e. The zero-order valence-corrected chi connectivity index (χ0v) is 10.4. The number of hydrogen-bond acceptors (Lipinski definition) is 2. The van der Waals surface area contributed by atoms with Gasteiger partial charge in [0.1, 0.15) is 5.75 Å². The molecule has 20 heavy (non-hydrogen) atoms. The molecule has 0 aliphatic rings. The highest BCUT2D eigenvalue weighted by atomic mass is 19.4. The molecule has 0 bridgehead atoms. The molecule has 8 heteroatoms. The van der Waals surface area contributed by atoms with Gasteiger partial charge in [0, 0.05) is 0 Å². The molecule has 2 N–H and O–H groups in total. The smallest absolute Gasteiger partial charge is 0.426 e. The third-order valence-corrected chi connectivity index (χ3v) is 2.61. The van der Waals surface area contributed by atoms with Crippen LogP contribution in [0, 0.1) is 0 Å². The molecule has 0 heterocycles. The largest absolute Gasteiger partial charge is 0.479 e. The maximum atomic E-state index is 12.8. The van der Waals surface area contributed by atoms with E-state index in [9.17, 15) is 26.3 Å². The molecule has 0 radical (unpaired) electrons. The van der Waals surface area contributed by atoms with Crippen molar-refractivity contribution in [3.05, 3.63) is 29.8 Å². The van der Waals surface area contributed by atoms with E-state index in [0.29, 0.717) is 6.07 Å². The molecule has 2 nitrogen and oxygen atoms in total. The normalized spacial score (nSPS) is 15.8. The van der Waals surface area contributed by atoms with E-state index in [1.165, 1.54) is 6.92 Å². The van der Waals surface area contributed by atoms with Crippen LogP contribution in [0.3, 0.4) is 0 Å². The third-order valence-electron chi connectivity index (χ3n) is 2.61. The number of alkyl halides is 6. The van der Waals surface area contributed by atoms with Crippen LogP contribution in [0.4, 0.5) is 26.3 Å². The predicted molar refractivity (Wildman–Crippen MR) is 60.2 cm³/mol. The lowest BCUT2D eigenvalue weighted by atomic mass is 10.1. The first-order valence-electron chi connectivity index (χ1n) is 5.72. The highest BCUT2D eigenvalue weighted by molar-refractivity contribution is 5.30. The van der Waals surface area contributed by atoms with Crippen molar-refractivity contribution in [3.8, 4) is 5.75 Å². The lowest BCUT2D eigenvalue weighted by Gasteiger charge is -2.26. The molecule has 1 rings (SSSR count). The van der Waals surface area contributed by atoms with Crippen LogP contribution in [0.1, 0.15) is 18.9 Å². The lowest BCUT2D eigenvalue weighted by Crippen LogP contribution is -2.48. The second kappa shape index (κ2) is 5.90. The van der Waals surface area contributed by atoms with Crippen LogP contribution in [0.15, 0.2) is 24.3 Å². The quantitative estimate of drug-likeness (QED) is 0.860. The van der Waals surface area contributed by atoms with Crippen molar-refractivity contribution in [1.29, 1.82) is 0 Å². The van der Waals surface area contributed by atoms with Crippen LogP contribution in [0.2, 0.25) is 0 Å². The Morgan fingerprint density at radius 1 is 1.15 bits per heavy atom. The Morgan fingerprint density at radius 3 is 2.20 bits per heavy atom. The number of ether oxygens (including phenoxy) is 1. The van der Waals surface area contributed by atoms with E-state index >= 15 is 0 Å². The second-order valence-corrected chi connectivity index (χ2v) is 4.18. The van der Waals surface area contributed by atoms with Gasteiger partial charge in [-0.25, -0.2) is 0 Å². The van der Waals surface area contributed by atoms with Crippen molar-refractivity contribution >= 4 is 0 Å². The Hall–Kier alpha value is -1.44. The summed E-state index contributed by atoms with van der Waals surface area (Å²) in [4.78, 5) is 0. The van der Waals surface area contributed by atoms with E-state index in [1.807, 2.05) is 0 Å². The van der Waals surface area contributed by atoms with Gasteiger partial charge in [0.2, 0.25) is 6.10 Å². The van der Waals surface area contributed by atoms with Crippen LogP contribution in [0.25, 0.3) is 0 Å². The minimum absolute atomic E-state index is 0.0247. The minimum atomic E-state index is -4.76. The zero-order valence-electron chi connectivity index (χ0n) is 10.4. The van der Waals surface area contributed by atoms with Gasteiger partial charge >= 0.3 is 12.4 Å². The van der Waals surface area contributed by atoms with E-state index in [2.05, 4.69) is 4.74 Å². The topological polar surface area (TPSA) is 35.2 Å². The zero-order chi connectivity index (χ0) is 15.6. The van der Waals surface area contributed by atoms with Gasteiger partial charge in [-0.05, 0) is 24.6 Å². The van der Waals surface area contributed by atoms with Crippen LogP contribution in [-0.2, 0) is 6.18 Å². The highest BCUT2D eigenvalue weighted by Gasteiger charge is 2.45. The van der Waals surface area contributed by atoms with Crippen molar-refractivity contribution in [2.75, 3.05) is 0 Å². The summed E-state index contributed by atoms with van der Waals surface area (Å²) < 4.78 is 80.3. The summed E-state index contributed by atoms with van der Waals surface area (Å²) in [5.41, 5.74) is 4.23. The molecule has 0 saturated carbocycles. The summed E-state index contributed by atoms with van der Waals surface area (Å²) in [6.45, 7) is 1.43. The number of rotatable bonds is 4. The molecule has 0 fully saturated rings. The SMILES string of the molecule is CCC(N)C(Oc1cccc(C(F)(F)F)c1)C(F)(F)F. The molecule has 2 atom stereocenters. The van der Waals surface area contributed by atoms with Crippen molar-refractivity contribution in [1.82, 2.24) is 0 Å². The Kier molecular flexibility index (Phi) is 4.90. The van der Waals surface area contributed by atoms with Gasteiger partial charge in [-0.1, -0.05) is 13.0 Å². The van der Waals surface area contributed by atoms with Gasteiger partial charge in [0.25, 0.3) is 0 Å². The van der Waals surface area contributed by atoms with Crippen LogP contribution in [-0.4, -0.2) is 18.3 Å². The Balaban J connectivity index is 3.01. The van der Waals surface area contributed by atoms with E-state index in [4.69, 9.17) is 5.73 Å². The van der Waals surface area contributed by atoms with Crippen LogP contribution >= 0.6 is 0 Å². The molecule has 0 aliphatic carbocycles. The van der Waals surface area contributed by atoms with Gasteiger partial charge in [0.05, 0.1) is 11.6 Å². The molecule has 0 amide bonds. The van der Waals surface area contributed by atoms with Crippen molar-refractivity contribution < 1.29 is 31.1 Å². The summed E-state index contributed by atoms with van der Waals surface area (Å²) in [6.07, 6.45) is -11.8. The Morgan fingerprint density at radius 2 is 1.75 bits per heavy atom. The van der Waals surface area contributed by atoms with Gasteiger partial charge in [-0.2, -0.15) is 26.3 Å². The maximum Gasteiger partial charge on any atom is 0.426 e. The predicted octanol–water partition coefficient (Wildman–Crippen LogP) is 3.75. The summed E-state index contributed by atoms with van der Waals surface area (Å²) in [7, 11) is 0. The van der Waals surface area contributed by atoms with E-state index < -0.39 is 35.8 Å². The number of nitrogens with two attached hydrogens (primary N) is 1. The number of halogens is 6. The van der Waals surface area contributed by atoms with E-state index in [-0.39, 0.29) is 6.42 Å². The molecular formula is C12H13F6NO. The summed E-state index contributed by atoms with van der Waals surface area (Å²) >= 11 is 0. The average Bonchev–Trinajstić information content (AvgIpc) is 2.33. The molecule has 0 aliphatic heterocycles. The molecular weight excluding hydrogens is 288 g/mol. The first kappa shape index (κ1) is 16.6. The van der Waals surface area contributed by atoms with Crippen LogP contribution in [0.5, 0.6) is 5.75 Å². The van der Waals surface area contributed by atoms with Crippen molar-refractivity contribution in [3.63, 3.8) is 0 Å². The van der Waals surface area contributed by atoms with Gasteiger partial charge in [-0.15, -0.1) is 0 Å². The standard InChI is InChI=1S/C12H13F6NO/c1-2-9(19)10(12(16,17)18)20-8-5-3-4-7(6-8)11(13,14)15/h3-6,9-10H,2,19H2,1H3. The summed E-state index contributed by atoms with van der Waals surface area (Å²) in [5.74, 6) is -0.522. The second-order valence-electron chi connectivity index (χ2n) is 4.18. The van der Waals surface area contributed by atoms with Gasteiger partial charge in [-0.3, -0.25) is 0 Å². The summed E-state index contributed by atoms with van der Waals surface area (Å²) in [6, 6.07) is 1.90. The fourth-order valence-electron chi connectivity index (χ4n) is 1.50. The Labute approximate surface area is 111 Å². The molecule has 2 unspecified atom stereocenters. The van der Waals surface area contributed by atoms with Gasteiger partial charge in [0.15, 0.2) is 0 Å². The van der Waals surface area contributed by atoms with E-state index in [1.54, 1.807) is 0 Å². The number of hydrogen-bond donors (Lipinski definition) is 1. The first-order chi connectivity index (χ1) is 9.05. The fraction of sp³-hybridized carbons (Fsp3) is 0.500. The average molecular weight is 301 g/mol. The van der Waals surface area contributed by atoms with Crippen molar-refractivity contribution in [2.45, 2.75) is 37.8 Å². The third kappa shape index (κ3) is 4.29. The molecule has 0 spiro atoms. The van der Waals surface area contributed by atoms with Crippen LogP contribution < -0.4 is 10.5 Å². The number of benzene rings is 1. The van der Waals surface area contributed by atoms with E-state index in [0.717, 1.165) is 18.2 Å².